The van der Waals surface area contributed by atoms with E-state index in [9.17, 15) is 3.89 Å². The van der Waals surface area contributed by atoms with E-state index in [1.165, 1.54) is 0 Å². The molecule has 0 amide bonds. The summed E-state index contributed by atoms with van der Waals surface area (Å²) < 4.78 is 11.6. The maximum Gasteiger partial charge on any atom is 0.0952 e. The van der Waals surface area contributed by atoms with Gasteiger partial charge in [-0.25, -0.2) is 0 Å². The number of hydrogen-bond acceptors (Lipinski definition) is 3. The zero-order chi connectivity index (χ0) is 7.28. The van der Waals surface area contributed by atoms with Gasteiger partial charge < -0.3 is 11.1 Å². The van der Waals surface area contributed by atoms with Crippen LogP contribution in [-0.2, 0) is 0 Å². The van der Waals surface area contributed by atoms with Crippen molar-refractivity contribution in [2.45, 2.75) is 25.3 Å². The smallest absolute Gasteiger partial charge is 0.0952 e. The van der Waals surface area contributed by atoms with Crippen LogP contribution in [0.1, 0.15) is 13.8 Å². The Kier molecular flexibility index (Phi) is 5.13. The quantitative estimate of drug-likeness (QED) is 0.587. The molecule has 0 aliphatic carbocycles. The summed E-state index contributed by atoms with van der Waals surface area (Å²) in [5.74, 6) is 0. The summed E-state index contributed by atoms with van der Waals surface area (Å²) in [4.78, 5) is 0. The molecule has 0 aliphatic rings. The van der Waals surface area contributed by atoms with E-state index in [4.69, 9.17) is 5.73 Å². The molecule has 0 spiro atoms. The fourth-order valence-electron chi connectivity index (χ4n) is 0.383. The van der Waals surface area contributed by atoms with Crippen LogP contribution in [0.15, 0.2) is 0 Å². The van der Waals surface area contributed by atoms with Gasteiger partial charge in [0.1, 0.15) is 0 Å². The molecule has 0 radical (unpaired) electrons. The highest BCUT2D eigenvalue weighted by atomic mass is 32.2. The highest BCUT2D eigenvalue weighted by Gasteiger charge is 2.01. The van der Waals surface area contributed by atoms with Gasteiger partial charge in [0.15, 0.2) is 0 Å². The van der Waals surface area contributed by atoms with Crippen molar-refractivity contribution < 1.29 is 3.89 Å². The van der Waals surface area contributed by atoms with Gasteiger partial charge in [-0.2, -0.15) is 3.89 Å². The lowest BCUT2D eigenvalue weighted by Gasteiger charge is -2.09. The molecule has 0 aromatic heterocycles. The lowest BCUT2D eigenvalue weighted by atomic mass is 10.4. The summed E-state index contributed by atoms with van der Waals surface area (Å²) in [6.45, 7) is 4.52. The van der Waals surface area contributed by atoms with Crippen molar-refractivity contribution in [2.75, 3.05) is 6.54 Å². The molecule has 0 aromatic carbocycles. The molecule has 0 fully saturated rings. The molecule has 3 N–H and O–H groups in total. The van der Waals surface area contributed by atoms with Crippen LogP contribution in [0.25, 0.3) is 0 Å². The molecule has 9 heavy (non-hydrogen) atoms. The van der Waals surface area contributed by atoms with E-state index in [2.05, 4.69) is 5.32 Å². The van der Waals surface area contributed by atoms with Crippen molar-refractivity contribution in [3.05, 3.63) is 0 Å². The van der Waals surface area contributed by atoms with Gasteiger partial charge in [-0.1, -0.05) is 13.8 Å². The van der Waals surface area contributed by atoms with Crippen molar-refractivity contribution in [1.29, 1.82) is 0 Å². The van der Waals surface area contributed by atoms with E-state index in [-0.39, 0.29) is 12.1 Å². The molecule has 0 unspecified atom stereocenters. The SMILES string of the molecule is CC(C)NC[C@@H](N)SF. The van der Waals surface area contributed by atoms with E-state index >= 15 is 0 Å². The second-order valence-corrected chi connectivity index (χ2v) is 2.97. The number of halogens is 1. The Hall–Kier alpha value is 0.200. The Bertz CT molecular complexity index is 70.0. The summed E-state index contributed by atoms with van der Waals surface area (Å²) in [5, 5.41) is 2.59. The van der Waals surface area contributed by atoms with E-state index < -0.39 is 5.37 Å². The largest absolute Gasteiger partial charge is 0.316 e. The predicted octanol–water partition coefficient (Wildman–Crippen LogP) is 0.887. The highest BCUT2D eigenvalue weighted by Crippen LogP contribution is 2.03. The number of rotatable bonds is 4. The summed E-state index contributed by atoms with van der Waals surface area (Å²) in [7, 11) is 0. The van der Waals surface area contributed by atoms with Gasteiger partial charge in [-0.15, -0.1) is 0 Å². The van der Waals surface area contributed by atoms with Crippen molar-refractivity contribution in [2.24, 2.45) is 5.73 Å². The first-order valence-corrected chi connectivity index (χ1v) is 3.71. The summed E-state index contributed by atoms with van der Waals surface area (Å²) in [5.41, 5.74) is 5.25. The Labute approximate surface area is 59.7 Å². The van der Waals surface area contributed by atoms with Crippen LogP contribution in [0.3, 0.4) is 0 Å². The van der Waals surface area contributed by atoms with Crippen LogP contribution in [0, 0.1) is 0 Å². The van der Waals surface area contributed by atoms with Crippen LogP contribution in [-0.4, -0.2) is 18.0 Å². The van der Waals surface area contributed by atoms with Gasteiger partial charge >= 0.3 is 0 Å². The summed E-state index contributed by atoms with van der Waals surface area (Å²) in [6, 6.07) is 0.378. The normalized spacial score (nSPS) is 14.3. The van der Waals surface area contributed by atoms with Gasteiger partial charge in [-0.3, -0.25) is 0 Å². The van der Waals surface area contributed by atoms with Gasteiger partial charge in [-0.05, 0) is 0 Å². The van der Waals surface area contributed by atoms with Crippen molar-refractivity contribution in [3.63, 3.8) is 0 Å². The second-order valence-electron chi connectivity index (χ2n) is 2.19. The van der Waals surface area contributed by atoms with E-state index in [0.717, 1.165) is 0 Å². The number of nitrogens with two attached hydrogens (primary N) is 1. The summed E-state index contributed by atoms with van der Waals surface area (Å²) in [6.07, 6.45) is 0. The minimum atomic E-state index is -0.424. The van der Waals surface area contributed by atoms with Crippen LogP contribution in [0.2, 0.25) is 0 Å². The first-order chi connectivity index (χ1) is 4.16. The van der Waals surface area contributed by atoms with Crippen molar-refractivity contribution >= 4 is 12.1 Å². The third kappa shape index (κ3) is 6.08. The second kappa shape index (κ2) is 5.02. The minimum absolute atomic E-state index is 0.182. The van der Waals surface area contributed by atoms with Crippen LogP contribution in [0.5, 0.6) is 0 Å². The predicted molar refractivity (Wildman–Crippen MR) is 39.8 cm³/mol. The molecule has 0 heterocycles. The highest BCUT2D eigenvalue weighted by molar-refractivity contribution is 7.94. The van der Waals surface area contributed by atoms with Gasteiger partial charge in [0.25, 0.3) is 0 Å². The number of nitrogens with one attached hydrogen (secondary N) is 1. The Balaban J connectivity index is 3.06. The van der Waals surface area contributed by atoms with Crippen LogP contribution in [0.4, 0.5) is 3.89 Å². The fraction of sp³-hybridized carbons (Fsp3) is 1.00. The maximum absolute atomic E-state index is 11.6. The molecule has 1 atom stereocenters. The molecule has 2 nitrogen and oxygen atoms in total. The van der Waals surface area contributed by atoms with Gasteiger partial charge in [0.05, 0.1) is 17.5 Å². The molecule has 0 bridgehead atoms. The van der Waals surface area contributed by atoms with Crippen molar-refractivity contribution in [3.8, 4) is 0 Å². The fourth-order valence-corrected chi connectivity index (χ4v) is 0.543. The molecule has 4 heteroatoms. The topological polar surface area (TPSA) is 38.0 Å². The minimum Gasteiger partial charge on any atom is -0.316 e. The molecule has 0 saturated heterocycles. The Morgan fingerprint density at radius 2 is 2.22 bits per heavy atom. The standard InChI is InChI=1S/C5H13FN2S/c1-4(2)8-3-5(7)9-6/h4-5,8H,3,7H2,1-2H3/t5-/m0/s1. The first kappa shape index (κ1) is 9.20. The molecular weight excluding hydrogens is 139 g/mol. The Morgan fingerprint density at radius 1 is 1.67 bits per heavy atom. The van der Waals surface area contributed by atoms with E-state index in [1.54, 1.807) is 0 Å². The van der Waals surface area contributed by atoms with Gasteiger partial charge in [0.2, 0.25) is 0 Å². The van der Waals surface area contributed by atoms with E-state index in [0.29, 0.717) is 12.6 Å². The third-order valence-corrected chi connectivity index (χ3v) is 1.24. The monoisotopic (exact) mass is 152 g/mol. The van der Waals surface area contributed by atoms with E-state index in [1.807, 2.05) is 13.8 Å². The molecular formula is C5H13FN2S. The van der Waals surface area contributed by atoms with Gasteiger partial charge in [0, 0.05) is 12.6 Å². The maximum atomic E-state index is 11.6. The first-order valence-electron chi connectivity index (χ1n) is 2.93. The lowest BCUT2D eigenvalue weighted by Crippen LogP contribution is -2.34. The Morgan fingerprint density at radius 3 is 2.56 bits per heavy atom. The molecule has 56 valence electrons. The molecule has 0 rings (SSSR count). The van der Waals surface area contributed by atoms with Crippen molar-refractivity contribution in [1.82, 2.24) is 5.32 Å². The molecule has 0 aliphatic heterocycles. The average molecular weight is 152 g/mol. The third-order valence-electron chi connectivity index (χ3n) is 0.842. The average Bonchev–Trinajstić information content (AvgIpc) is 1.83. The van der Waals surface area contributed by atoms with Crippen LogP contribution >= 0.6 is 12.1 Å². The molecule has 0 saturated carbocycles. The van der Waals surface area contributed by atoms with Crippen LogP contribution < -0.4 is 11.1 Å². The summed E-state index contributed by atoms with van der Waals surface area (Å²) >= 11 is 0.182. The lowest BCUT2D eigenvalue weighted by molar-refractivity contribution is 0.580. The zero-order valence-electron chi connectivity index (χ0n) is 5.73. The zero-order valence-corrected chi connectivity index (χ0v) is 6.54. The molecule has 0 aromatic rings. The number of hydrogen-bond donors (Lipinski definition) is 2.